The summed E-state index contributed by atoms with van der Waals surface area (Å²) in [6.45, 7) is 3.67. The van der Waals surface area contributed by atoms with Gasteiger partial charge in [0.15, 0.2) is 0 Å². The van der Waals surface area contributed by atoms with Gasteiger partial charge in [-0.15, -0.1) is 0 Å². The maximum absolute atomic E-state index is 13.0. The van der Waals surface area contributed by atoms with Crippen molar-refractivity contribution in [2.24, 2.45) is 5.92 Å². The van der Waals surface area contributed by atoms with Crippen molar-refractivity contribution in [2.75, 3.05) is 6.54 Å². The molecule has 1 heterocycles. The highest BCUT2D eigenvalue weighted by Crippen LogP contribution is 2.30. The highest BCUT2D eigenvalue weighted by atomic mass is 19.4. The van der Waals surface area contributed by atoms with Crippen molar-refractivity contribution in [2.45, 2.75) is 77.6 Å². The molecule has 0 aliphatic heterocycles. The van der Waals surface area contributed by atoms with Crippen LogP contribution >= 0.6 is 0 Å². The molecule has 0 N–H and O–H groups in total. The van der Waals surface area contributed by atoms with Crippen molar-refractivity contribution in [3.05, 3.63) is 59.4 Å². The average Bonchev–Trinajstić information content (AvgIpc) is 3.41. The van der Waals surface area contributed by atoms with Gasteiger partial charge >= 0.3 is 6.18 Å². The predicted molar refractivity (Wildman–Crippen MR) is 116 cm³/mol. The SMILES string of the molecule is CCCCN(Cc1cccn1Cc1cccc(C(F)(F)F)c1)C(=O)CCC1CCCC1. The smallest absolute Gasteiger partial charge is 0.345 e. The van der Waals surface area contributed by atoms with Crippen LogP contribution in [0.15, 0.2) is 42.6 Å². The Labute approximate surface area is 183 Å². The van der Waals surface area contributed by atoms with E-state index in [1.165, 1.54) is 37.8 Å². The van der Waals surface area contributed by atoms with Crippen LogP contribution in [0, 0.1) is 5.92 Å². The molecule has 0 spiro atoms. The predicted octanol–water partition coefficient (Wildman–Crippen LogP) is 6.65. The maximum Gasteiger partial charge on any atom is 0.416 e. The Morgan fingerprint density at radius 3 is 2.65 bits per heavy atom. The largest absolute Gasteiger partial charge is 0.416 e. The topological polar surface area (TPSA) is 25.2 Å². The molecule has 2 aromatic rings. The summed E-state index contributed by atoms with van der Waals surface area (Å²) in [5.74, 6) is 0.869. The van der Waals surface area contributed by atoms with E-state index in [1.807, 2.05) is 27.8 Å². The molecule has 1 aliphatic carbocycles. The highest BCUT2D eigenvalue weighted by molar-refractivity contribution is 5.76. The second-order valence-corrected chi connectivity index (χ2v) is 8.68. The summed E-state index contributed by atoms with van der Waals surface area (Å²) < 4.78 is 41.1. The Balaban J connectivity index is 1.67. The molecule has 1 fully saturated rings. The quantitative estimate of drug-likeness (QED) is 0.411. The van der Waals surface area contributed by atoms with Gasteiger partial charge in [-0.3, -0.25) is 4.79 Å². The standard InChI is InChI=1S/C25H33F3N2O/c1-2-3-15-30(24(31)14-13-20-8-4-5-9-20)19-23-12-7-16-29(23)18-21-10-6-11-22(17-21)25(26,27)28/h6-7,10-12,16-17,20H,2-5,8-9,13-15,18-19H2,1H3. The summed E-state index contributed by atoms with van der Waals surface area (Å²) in [4.78, 5) is 14.9. The number of unbranched alkanes of at least 4 members (excludes halogenated alkanes) is 1. The van der Waals surface area contributed by atoms with Crippen LogP contribution in [-0.4, -0.2) is 21.9 Å². The Bertz CT molecular complexity index is 837. The van der Waals surface area contributed by atoms with Crippen molar-refractivity contribution >= 4 is 5.91 Å². The van der Waals surface area contributed by atoms with E-state index in [-0.39, 0.29) is 5.91 Å². The van der Waals surface area contributed by atoms with E-state index >= 15 is 0 Å². The zero-order chi connectivity index (χ0) is 22.3. The minimum atomic E-state index is -4.35. The molecule has 0 radical (unpaired) electrons. The fraction of sp³-hybridized carbons (Fsp3) is 0.560. The minimum absolute atomic E-state index is 0.187. The second-order valence-electron chi connectivity index (χ2n) is 8.68. The number of rotatable bonds is 10. The lowest BCUT2D eigenvalue weighted by Crippen LogP contribution is -2.32. The number of alkyl halides is 3. The van der Waals surface area contributed by atoms with Crippen molar-refractivity contribution in [3.63, 3.8) is 0 Å². The molecule has 0 bridgehead atoms. The van der Waals surface area contributed by atoms with Crippen molar-refractivity contribution in [1.29, 1.82) is 0 Å². The Morgan fingerprint density at radius 2 is 1.94 bits per heavy atom. The van der Waals surface area contributed by atoms with Crippen LogP contribution in [0.5, 0.6) is 0 Å². The van der Waals surface area contributed by atoms with Crippen molar-refractivity contribution in [1.82, 2.24) is 9.47 Å². The number of benzene rings is 1. The van der Waals surface area contributed by atoms with Gasteiger partial charge in [0.25, 0.3) is 0 Å². The molecule has 170 valence electrons. The number of aromatic nitrogens is 1. The molecule has 0 unspecified atom stereocenters. The van der Waals surface area contributed by atoms with Gasteiger partial charge in [0, 0.05) is 31.4 Å². The van der Waals surface area contributed by atoms with Gasteiger partial charge in [0.2, 0.25) is 5.91 Å². The van der Waals surface area contributed by atoms with E-state index in [9.17, 15) is 18.0 Å². The van der Waals surface area contributed by atoms with E-state index < -0.39 is 11.7 Å². The average molecular weight is 435 g/mol. The number of amides is 1. The molecule has 31 heavy (non-hydrogen) atoms. The summed E-state index contributed by atoms with van der Waals surface area (Å²) in [6, 6.07) is 9.30. The molecule has 3 rings (SSSR count). The molecular formula is C25H33F3N2O. The molecule has 1 amide bonds. The van der Waals surface area contributed by atoms with E-state index in [4.69, 9.17) is 0 Å². The number of hydrogen-bond donors (Lipinski definition) is 0. The zero-order valence-corrected chi connectivity index (χ0v) is 18.3. The number of halogens is 3. The van der Waals surface area contributed by atoms with Crippen LogP contribution in [-0.2, 0) is 24.1 Å². The molecular weight excluding hydrogens is 401 g/mol. The zero-order valence-electron chi connectivity index (χ0n) is 18.3. The lowest BCUT2D eigenvalue weighted by Gasteiger charge is -2.24. The van der Waals surface area contributed by atoms with Crippen LogP contribution < -0.4 is 0 Å². The summed E-state index contributed by atoms with van der Waals surface area (Å²) in [7, 11) is 0. The van der Waals surface area contributed by atoms with Crippen LogP contribution in [0.3, 0.4) is 0 Å². The fourth-order valence-electron chi connectivity index (χ4n) is 4.41. The van der Waals surface area contributed by atoms with Crippen LogP contribution in [0.1, 0.15) is 75.1 Å². The Hall–Kier alpha value is -2.24. The first-order chi connectivity index (χ1) is 14.9. The highest BCUT2D eigenvalue weighted by Gasteiger charge is 2.30. The molecule has 0 atom stereocenters. The van der Waals surface area contributed by atoms with Crippen molar-refractivity contribution in [3.8, 4) is 0 Å². The summed E-state index contributed by atoms with van der Waals surface area (Å²) >= 11 is 0. The molecule has 6 heteroatoms. The second kappa shape index (κ2) is 10.9. The first kappa shape index (κ1) is 23.4. The van der Waals surface area contributed by atoms with E-state index in [1.54, 1.807) is 6.07 Å². The van der Waals surface area contributed by atoms with Gasteiger partial charge in [-0.1, -0.05) is 51.2 Å². The summed E-state index contributed by atoms with van der Waals surface area (Å²) in [6.07, 6.45) is 6.07. The first-order valence-corrected chi connectivity index (χ1v) is 11.4. The normalized spacial score (nSPS) is 14.8. The third-order valence-corrected chi connectivity index (χ3v) is 6.26. The van der Waals surface area contributed by atoms with Crippen molar-refractivity contribution < 1.29 is 18.0 Å². The van der Waals surface area contributed by atoms with Gasteiger partial charge in [0.05, 0.1) is 12.1 Å². The molecule has 0 saturated heterocycles. The fourth-order valence-corrected chi connectivity index (χ4v) is 4.41. The third-order valence-electron chi connectivity index (χ3n) is 6.26. The van der Waals surface area contributed by atoms with Gasteiger partial charge in [-0.2, -0.15) is 13.2 Å². The van der Waals surface area contributed by atoms with E-state index in [0.717, 1.165) is 37.6 Å². The van der Waals surface area contributed by atoms with Crippen LogP contribution in [0.2, 0.25) is 0 Å². The van der Waals surface area contributed by atoms with Crippen LogP contribution in [0.25, 0.3) is 0 Å². The molecule has 1 aromatic carbocycles. The van der Waals surface area contributed by atoms with Gasteiger partial charge < -0.3 is 9.47 Å². The number of carbonyl (C=O) groups excluding carboxylic acids is 1. The van der Waals surface area contributed by atoms with Gasteiger partial charge in [0.1, 0.15) is 0 Å². The molecule has 1 aromatic heterocycles. The number of hydrogen-bond acceptors (Lipinski definition) is 1. The number of carbonyl (C=O) groups is 1. The number of nitrogens with zero attached hydrogens (tertiary/aromatic N) is 2. The van der Waals surface area contributed by atoms with Gasteiger partial charge in [-0.05, 0) is 48.6 Å². The first-order valence-electron chi connectivity index (χ1n) is 11.4. The summed E-state index contributed by atoms with van der Waals surface area (Å²) in [5, 5.41) is 0. The van der Waals surface area contributed by atoms with E-state index in [2.05, 4.69) is 6.92 Å². The Morgan fingerprint density at radius 1 is 1.16 bits per heavy atom. The third kappa shape index (κ3) is 6.88. The molecule has 1 aliphatic rings. The van der Waals surface area contributed by atoms with Crippen LogP contribution in [0.4, 0.5) is 13.2 Å². The summed E-state index contributed by atoms with van der Waals surface area (Å²) in [5.41, 5.74) is 0.910. The lowest BCUT2D eigenvalue weighted by atomic mass is 10.0. The minimum Gasteiger partial charge on any atom is -0.345 e. The monoisotopic (exact) mass is 434 g/mol. The molecule has 1 saturated carbocycles. The maximum atomic E-state index is 13.0. The lowest BCUT2D eigenvalue weighted by molar-refractivity contribution is -0.137. The molecule has 3 nitrogen and oxygen atoms in total. The van der Waals surface area contributed by atoms with Gasteiger partial charge in [-0.25, -0.2) is 0 Å². The Kier molecular flexibility index (Phi) is 8.22. The van der Waals surface area contributed by atoms with E-state index in [0.29, 0.717) is 31.0 Å².